The lowest BCUT2D eigenvalue weighted by molar-refractivity contribution is -0.140. The molecule has 2 rings (SSSR count). The van der Waals surface area contributed by atoms with Gasteiger partial charge in [0.15, 0.2) is 0 Å². The Labute approximate surface area is 143 Å². The van der Waals surface area contributed by atoms with Gasteiger partial charge >= 0.3 is 5.97 Å². The molecule has 0 aromatic heterocycles. The van der Waals surface area contributed by atoms with Gasteiger partial charge in [-0.2, -0.15) is 0 Å². The smallest absolute Gasteiger partial charge is 0.325 e. The van der Waals surface area contributed by atoms with Gasteiger partial charge in [-0.05, 0) is 57.7 Å². The van der Waals surface area contributed by atoms with Gasteiger partial charge in [0.25, 0.3) is 5.91 Å². The van der Waals surface area contributed by atoms with Crippen LogP contribution in [0.2, 0.25) is 0 Å². The third-order valence-corrected chi connectivity index (χ3v) is 4.10. The minimum atomic E-state index is -0.315. The van der Waals surface area contributed by atoms with E-state index in [2.05, 4.69) is 16.7 Å². The topological polar surface area (TPSA) is 67.4 Å². The Morgan fingerprint density at radius 1 is 1.29 bits per heavy atom. The number of benzene rings is 1. The van der Waals surface area contributed by atoms with Crippen molar-refractivity contribution in [1.29, 1.82) is 0 Å². The molecule has 5 nitrogen and oxygen atoms in total. The monoisotopic (exact) mass is 330 g/mol. The maximum atomic E-state index is 12.4. The van der Waals surface area contributed by atoms with Crippen LogP contribution in [0.1, 0.15) is 49.9 Å². The first-order valence-corrected chi connectivity index (χ1v) is 8.59. The second-order valence-corrected chi connectivity index (χ2v) is 5.96. The third-order valence-electron chi connectivity index (χ3n) is 4.10. The highest BCUT2D eigenvalue weighted by Crippen LogP contribution is 2.20. The highest BCUT2D eigenvalue weighted by Gasteiger charge is 2.15. The Kier molecular flexibility index (Phi) is 6.85. The number of carbonyl (C=O) groups is 2. The molecule has 0 fully saturated rings. The molecule has 0 aliphatic heterocycles. The maximum absolute atomic E-state index is 12.4. The number of anilines is 1. The Morgan fingerprint density at radius 3 is 2.83 bits per heavy atom. The Morgan fingerprint density at radius 2 is 2.12 bits per heavy atom. The number of carbonyl (C=O) groups excluding carboxylic acids is 2. The number of ether oxygens (including phenoxy) is 1. The Hall–Kier alpha value is -2.30. The summed E-state index contributed by atoms with van der Waals surface area (Å²) < 4.78 is 4.87. The van der Waals surface area contributed by atoms with Crippen LogP contribution < -0.4 is 10.6 Å². The van der Waals surface area contributed by atoms with Gasteiger partial charge in [-0.15, -0.1) is 0 Å². The summed E-state index contributed by atoms with van der Waals surface area (Å²) in [7, 11) is 0. The maximum Gasteiger partial charge on any atom is 0.325 e. The lowest BCUT2D eigenvalue weighted by atomic mass is 9.94. The zero-order chi connectivity index (χ0) is 17.4. The molecule has 0 unspecified atom stereocenters. The lowest BCUT2D eigenvalue weighted by Gasteiger charge is -2.21. The van der Waals surface area contributed by atoms with Gasteiger partial charge in [0.1, 0.15) is 6.54 Å². The predicted octanol–water partition coefficient (Wildman–Crippen LogP) is 3.28. The quantitative estimate of drug-likeness (QED) is 0.595. The van der Waals surface area contributed by atoms with Crippen LogP contribution in [0, 0.1) is 0 Å². The van der Waals surface area contributed by atoms with Crippen molar-refractivity contribution in [3.05, 3.63) is 41.5 Å². The van der Waals surface area contributed by atoms with Crippen molar-refractivity contribution in [2.45, 2.75) is 45.6 Å². The van der Waals surface area contributed by atoms with Crippen LogP contribution in [-0.4, -0.2) is 31.1 Å². The van der Waals surface area contributed by atoms with Gasteiger partial charge in [-0.25, -0.2) is 0 Å². The molecule has 1 aromatic carbocycles. The van der Waals surface area contributed by atoms with Crippen LogP contribution in [-0.2, 0) is 9.53 Å². The van der Waals surface area contributed by atoms with Gasteiger partial charge in [-0.1, -0.05) is 17.7 Å². The van der Waals surface area contributed by atoms with E-state index in [0.29, 0.717) is 12.2 Å². The molecule has 1 aromatic rings. The fraction of sp³-hybridized carbons (Fsp3) is 0.474. The summed E-state index contributed by atoms with van der Waals surface area (Å²) in [5.74, 6) is -0.418. The fourth-order valence-corrected chi connectivity index (χ4v) is 2.79. The van der Waals surface area contributed by atoms with Crippen molar-refractivity contribution < 1.29 is 14.3 Å². The van der Waals surface area contributed by atoms with Gasteiger partial charge in [0.2, 0.25) is 0 Å². The van der Waals surface area contributed by atoms with E-state index in [1.165, 1.54) is 18.4 Å². The number of hydrogen-bond donors (Lipinski definition) is 2. The number of rotatable bonds is 7. The number of hydrogen-bond acceptors (Lipinski definition) is 4. The molecular weight excluding hydrogens is 304 g/mol. The van der Waals surface area contributed by atoms with Crippen molar-refractivity contribution in [3.8, 4) is 0 Å². The van der Waals surface area contributed by atoms with E-state index in [1.807, 2.05) is 13.0 Å². The number of allylic oxidation sites excluding steroid dienone is 1. The van der Waals surface area contributed by atoms with E-state index < -0.39 is 0 Å². The summed E-state index contributed by atoms with van der Waals surface area (Å²) in [4.78, 5) is 23.8. The summed E-state index contributed by atoms with van der Waals surface area (Å²) in [6.07, 6.45) is 6.83. The summed E-state index contributed by atoms with van der Waals surface area (Å²) in [6.45, 7) is 4.24. The van der Waals surface area contributed by atoms with Crippen molar-refractivity contribution >= 4 is 17.6 Å². The molecule has 0 saturated heterocycles. The Balaban J connectivity index is 1.93. The first-order valence-electron chi connectivity index (χ1n) is 8.59. The molecular formula is C19H26N2O3. The number of esters is 1. The first kappa shape index (κ1) is 18.0. The first-order chi connectivity index (χ1) is 11.6. The predicted molar refractivity (Wildman–Crippen MR) is 95.0 cm³/mol. The van der Waals surface area contributed by atoms with Crippen molar-refractivity contribution in [2.24, 2.45) is 0 Å². The zero-order valence-electron chi connectivity index (χ0n) is 14.4. The Bertz CT molecular complexity index is 610. The second-order valence-electron chi connectivity index (χ2n) is 5.96. The summed E-state index contributed by atoms with van der Waals surface area (Å²) >= 11 is 0. The van der Waals surface area contributed by atoms with Crippen LogP contribution in [0.25, 0.3) is 0 Å². The van der Waals surface area contributed by atoms with Gasteiger partial charge in [0, 0.05) is 17.3 Å². The van der Waals surface area contributed by atoms with Crippen LogP contribution in [0.4, 0.5) is 5.69 Å². The highest BCUT2D eigenvalue weighted by molar-refractivity contribution is 5.95. The molecule has 1 aliphatic rings. The molecule has 5 heteroatoms. The molecule has 0 radical (unpaired) electrons. The zero-order valence-corrected chi connectivity index (χ0v) is 14.4. The molecule has 0 spiro atoms. The SMILES string of the molecule is CCOC(=O)CNc1cccc(C(=O)N[C@H](C)C2=CCCCC2)c1. The summed E-state index contributed by atoms with van der Waals surface area (Å²) in [5, 5.41) is 6.03. The van der Waals surface area contributed by atoms with E-state index in [9.17, 15) is 9.59 Å². The minimum absolute atomic E-state index is 0.0500. The second kappa shape index (κ2) is 9.11. The standard InChI is InChI=1S/C19H26N2O3/c1-3-24-18(22)13-20-17-11-7-10-16(12-17)19(23)21-14(2)15-8-5-4-6-9-15/h7-8,10-12,14,20H,3-6,9,13H2,1-2H3,(H,21,23)/t14-/m1/s1. The van der Waals surface area contributed by atoms with Gasteiger partial charge in [0.05, 0.1) is 6.61 Å². The van der Waals surface area contributed by atoms with Crippen molar-refractivity contribution in [2.75, 3.05) is 18.5 Å². The van der Waals surface area contributed by atoms with E-state index in [4.69, 9.17) is 4.74 Å². The van der Waals surface area contributed by atoms with Crippen LogP contribution in [0.3, 0.4) is 0 Å². The molecule has 1 atom stereocenters. The highest BCUT2D eigenvalue weighted by atomic mass is 16.5. The van der Waals surface area contributed by atoms with Crippen LogP contribution in [0.5, 0.6) is 0 Å². The van der Waals surface area contributed by atoms with Gasteiger partial charge in [-0.3, -0.25) is 9.59 Å². The van der Waals surface area contributed by atoms with Crippen LogP contribution >= 0.6 is 0 Å². The molecule has 1 amide bonds. The molecule has 2 N–H and O–H groups in total. The molecule has 1 aliphatic carbocycles. The van der Waals surface area contributed by atoms with Gasteiger partial charge < -0.3 is 15.4 Å². The lowest BCUT2D eigenvalue weighted by Crippen LogP contribution is -2.34. The minimum Gasteiger partial charge on any atom is -0.465 e. The van der Waals surface area contributed by atoms with E-state index in [0.717, 1.165) is 18.5 Å². The molecule has 0 saturated carbocycles. The average Bonchev–Trinajstić information content (AvgIpc) is 2.61. The average molecular weight is 330 g/mol. The van der Waals surface area contributed by atoms with Crippen LogP contribution in [0.15, 0.2) is 35.9 Å². The summed E-state index contributed by atoms with van der Waals surface area (Å²) in [5.41, 5.74) is 2.61. The number of amides is 1. The molecule has 0 bridgehead atoms. The molecule has 130 valence electrons. The van der Waals surface area contributed by atoms with E-state index >= 15 is 0 Å². The van der Waals surface area contributed by atoms with Crippen molar-refractivity contribution in [3.63, 3.8) is 0 Å². The van der Waals surface area contributed by atoms with E-state index in [1.54, 1.807) is 25.1 Å². The fourth-order valence-electron chi connectivity index (χ4n) is 2.79. The number of nitrogens with one attached hydrogen (secondary N) is 2. The van der Waals surface area contributed by atoms with E-state index in [-0.39, 0.29) is 24.5 Å². The van der Waals surface area contributed by atoms with Crippen molar-refractivity contribution in [1.82, 2.24) is 5.32 Å². The summed E-state index contributed by atoms with van der Waals surface area (Å²) in [6, 6.07) is 7.19. The molecule has 24 heavy (non-hydrogen) atoms. The normalized spacial score (nSPS) is 15.2. The largest absolute Gasteiger partial charge is 0.465 e. The molecule has 0 heterocycles. The third kappa shape index (κ3) is 5.41.